The van der Waals surface area contributed by atoms with Gasteiger partial charge in [-0.3, -0.25) is 4.68 Å². The predicted molar refractivity (Wildman–Crippen MR) is 67.7 cm³/mol. The predicted octanol–water partition coefficient (Wildman–Crippen LogP) is 1.69. The minimum absolute atomic E-state index is 0.0442. The summed E-state index contributed by atoms with van der Waals surface area (Å²) in [4.78, 5) is 11.9. The fourth-order valence-corrected chi connectivity index (χ4v) is 2.33. The quantitative estimate of drug-likeness (QED) is 0.655. The molecule has 1 saturated carbocycles. The van der Waals surface area contributed by atoms with E-state index in [-0.39, 0.29) is 12.1 Å². The van der Waals surface area contributed by atoms with Crippen LogP contribution in [0, 0.1) is 0 Å². The molecule has 0 spiro atoms. The highest BCUT2D eigenvalue weighted by Gasteiger charge is 2.23. The normalized spacial score (nSPS) is 19.2. The zero-order valence-corrected chi connectivity index (χ0v) is 10.8. The number of esters is 1. The molecule has 5 heteroatoms. The minimum Gasteiger partial charge on any atom is -0.461 e. The Balaban J connectivity index is 1.90. The molecule has 2 rings (SSSR count). The molecule has 0 aliphatic heterocycles. The fourth-order valence-electron chi connectivity index (χ4n) is 2.33. The first kappa shape index (κ1) is 13.1. The second-order valence-corrected chi connectivity index (χ2v) is 4.98. The number of aryl methyl sites for hydroxylation is 1. The van der Waals surface area contributed by atoms with Crippen LogP contribution >= 0.6 is 0 Å². The van der Waals surface area contributed by atoms with Gasteiger partial charge in [-0.05, 0) is 25.7 Å². The molecule has 1 fully saturated rings. The Kier molecular flexibility index (Phi) is 4.36. The molecule has 1 aliphatic carbocycles. The highest BCUT2D eigenvalue weighted by molar-refractivity contribution is 5.77. The summed E-state index contributed by atoms with van der Waals surface area (Å²) in [5, 5.41) is 4.01. The zero-order valence-electron chi connectivity index (χ0n) is 10.8. The maximum Gasteiger partial charge on any atom is 0.327 e. The summed E-state index contributed by atoms with van der Waals surface area (Å²) in [5.74, 6) is -0.338. The van der Waals surface area contributed by atoms with E-state index in [4.69, 9.17) is 10.5 Å². The van der Waals surface area contributed by atoms with Gasteiger partial charge in [-0.25, -0.2) is 4.79 Å². The summed E-state index contributed by atoms with van der Waals surface area (Å²) in [6, 6.07) is -0.720. The summed E-state index contributed by atoms with van der Waals surface area (Å²) in [5.41, 5.74) is 6.58. The van der Waals surface area contributed by atoms with Crippen molar-refractivity contribution in [2.45, 2.75) is 50.7 Å². The molecule has 1 aromatic heterocycles. The number of ether oxygens (including phenoxy) is 1. The Morgan fingerprint density at radius 3 is 2.67 bits per heavy atom. The van der Waals surface area contributed by atoms with E-state index >= 15 is 0 Å². The van der Waals surface area contributed by atoms with Crippen molar-refractivity contribution in [2.24, 2.45) is 12.8 Å². The Morgan fingerprint density at radius 2 is 2.11 bits per heavy atom. The van der Waals surface area contributed by atoms with E-state index in [1.165, 1.54) is 12.8 Å². The molecule has 18 heavy (non-hydrogen) atoms. The minimum atomic E-state index is -0.720. The molecule has 1 unspecified atom stereocenters. The monoisotopic (exact) mass is 251 g/mol. The molecule has 2 N–H and O–H groups in total. The van der Waals surface area contributed by atoms with Crippen LogP contribution < -0.4 is 5.73 Å². The number of hydrogen-bond donors (Lipinski definition) is 1. The lowest BCUT2D eigenvalue weighted by Crippen LogP contribution is -2.27. The van der Waals surface area contributed by atoms with Crippen molar-refractivity contribution in [1.29, 1.82) is 0 Å². The average Bonchev–Trinajstić information content (AvgIpc) is 2.62. The lowest BCUT2D eigenvalue weighted by molar-refractivity contribution is -0.151. The van der Waals surface area contributed by atoms with Gasteiger partial charge < -0.3 is 10.5 Å². The Morgan fingerprint density at radius 1 is 1.44 bits per heavy atom. The van der Waals surface area contributed by atoms with Gasteiger partial charge in [-0.15, -0.1) is 0 Å². The molecule has 1 aliphatic rings. The van der Waals surface area contributed by atoms with Gasteiger partial charge in [0.1, 0.15) is 12.1 Å². The molecule has 0 bridgehead atoms. The number of hydrogen-bond acceptors (Lipinski definition) is 4. The molecule has 1 aromatic rings. The van der Waals surface area contributed by atoms with E-state index in [9.17, 15) is 4.79 Å². The van der Waals surface area contributed by atoms with Crippen LogP contribution in [0.5, 0.6) is 0 Å². The van der Waals surface area contributed by atoms with Crippen molar-refractivity contribution in [2.75, 3.05) is 0 Å². The van der Waals surface area contributed by atoms with Gasteiger partial charge in [0, 0.05) is 18.8 Å². The van der Waals surface area contributed by atoms with Crippen LogP contribution in [-0.4, -0.2) is 21.9 Å². The van der Waals surface area contributed by atoms with Crippen LogP contribution in [0.15, 0.2) is 12.4 Å². The lowest BCUT2D eigenvalue weighted by atomic mass is 10.1. The van der Waals surface area contributed by atoms with E-state index in [1.807, 2.05) is 0 Å². The van der Waals surface area contributed by atoms with Gasteiger partial charge in [0.05, 0.1) is 6.20 Å². The first-order valence-electron chi connectivity index (χ1n) is 6.61. The van der Waals surface area contributed by atoms with Crippen LogP contribution in [0.25, 0.3) is 0 Å². The van der Waals surface area contributed by atoms with E-state index in [0.717, 1.165) is 25.7 Å². The lowest BCUT2D eigenvalue weighted by Gasteiger charge is -2.17. The smallest absolute Gasteiger partial charge is 0.327 e. The molecule has 0 radical (unpaired) electrons. The maximum absolute atomic E-state index is 11.9. The van der Waals surface area contributed by atoms with Gasteiger partial charge in [0.2, 0.25) is 0 Å². The summed E-state index contributed by atoms with van der Waals surface area (Å²) in [7, 11) is 1.80. The number of nitrogens with zero attached hydrogens (tertiary/aromatic N) is 2. The van der Waals surface area contributed by atoms with Gasteiger partial charge in [0.25, 0.3) is 0 Å². The third-order valence-corrected chi connectivity index (χ3v) is 3.42. The van der Waals surface area contributed by atoms with Crippen molar-refractivity contribution in [3.8, 4) is 0 Å². The second kappa shape index (κ2) is 6.00. The SMILES string of the molecule is Cn1cc(C(N)C(=O)OC2CCCCCC2)cn1. The first-order chi connectivity index (χ1) is 8.66. The van der Waals surface area contributed by atoms with Gasteiger partial charge in [-0.1, -0.05) is 12.8 Å². The highest BCUT2D eigenvalue weighted by atomic mass is 16.5. The zero-order chi connectivity index (χ0) is 13.0. The Labute approximate surface area is 107 Å². The Hall–Kier alpha value is -1.36. The van der Waals surface area contributed by atoms with Crippen molar-refractivity contribution in [1.82, 2.24) is 9.78 Å². The van der Waals surface area contributed by atoms with E-state index in [0.29, 0.717) is 5.56 Å². The van der Waals surface area contributed by atoms with Crippen LogP contribution in [0.1, 0.15) is 50.1 Å². The summed E-state index contributed by atoms with van der Waals surface area (Å²) >= 11 is 0. The molecular weight excluding hydrogens is 230 g/mol. The highest BCUT2D eigenvalue weighted by Crippen LogP contribution is 2.21. The third kappa shape index (κ3) is 3.32. The third-order valence-electron chi connectivity index (χ3n) is 3.42. The van der Waals surface area contributed by atoms with Crippen LogP contribution in [0.4, 0.5) is 0 Å². The van der Waals surface area contributed by atoms with Crippen LogP contribution in [0.3, 0.4) is 0 Å². The first-order valence-corrected chi connectivity index (χ1v) is 6.61. The number of nitrogens with two attached hydrogens (primary N) is 1. The van der Waals surface area contributed by atoms with E-state index in [2.05, 4.69) is 5.10 Å². The molecular formula is C13H21N3O2. The van der Waals surface area contributed by atoms with Gasteiger partial charge >= 0.3 is 5.97 Å². The largest absolute Gasteiger partial charge is 0.461 e. The molecule has 0 aromatic carbocycles. The van der Waals surface area contributed by atoms with Crippen molar-refractivity contribution < 1.29 is 9.53 Å². The van der Waals surface area contributed by atoms with E-state index < -0.39 is 6.04 Å². The summed E-state index contributed by atoms with van der Waals surface area (Å²) in [6.45, 7) is 0. The van der Waals surface area contributed by atoms with Crippen molar-refractivity contribution >= 4 is 5.97 Å². The molecule has 0 saturated heterocycles. The number of carbonyl (C=O) groups is 1. The molecule has 100 valence electrons. The molecule has 1 atom stereocenters. The molecule has 1 heterocycles. The van der Waals surface area contributed by atoms with Gasteiger partial charge in [0.15, 0.2) is 0 Å². The number of carbonyl (C=O) groups excluding carboxylic acids is 1. The number of rotatable bonds is 3. The average molecular weight is 251 g/mol. The van der Waals surface area contributed by atoms with Crippen LogP contribution in [-0.2, 0) is 16.6 Å². The number of aromatic nitrogens is 2. The topological polar surface area (TPSA) is 70.1 Å². The van der Waals surface area contributed by atoms with Crippen molar-refractivity contribution in [3.05, 3.63) is 18.0 Å². The van der Waals surface area contributed by atoms with Crippen molar-refractivity contribution in [3.63, 3.8) is 0 Å². The maximum atomic E-state index is 11.9. The Bertz CT molecular complexity index is 395. The fraction of sp³-hybridized carbons (Fsp3) is 0.692. The van der Waals surface area contributed by atoms with Crippen LogP contribution in [0.2, 0.25) is 0 Å². The summed E-state index contributed by atoms with van der Waals surface area (Å²) < 4.78 is 7.13. The van der Waals surface area contributed by atoms with Gasteiger partial charge in [-0.2, -0.15) is 5.10 Å². The molecule has 5 nitrogen and oxygen atoms in total. The van der Waals surface area contributed by atoms with E-state index in [1.54, 1.807) is 24.1 Å². The standard InChI is InChI=1S/C13H21N3O2/c1-16-9-10(8-15-16)12(14)13(17)18-11-6-4-2-3-5-7-11/h8-9,11-12H,2-7,14H2,1H3. The molecule has 0 amide bonds. The summed E-state index contributed by atoms with van der Waals surface area (Å²) in [6.07, 6.45) is 10.1. The second-order valence-electron chi connectivity index (χ2n) is 4.98.